The fourth-order valence-electron chi connectivity index (χ4n) is 2.69. The summed E-state index contributed by atoms with van der Waals surface area (Å²) in [6, 6.07) is 3.94. The quantitative estimate of drug-likeness (QED) is 0.802. The molecule has 0 heterocycles. The lowest BCUT2D eigenvalue weighted by atomic mass is 9.64. The van der Waals surface area contributed by atoms with Gasteiger partial charge >= 0.3 is 6.18 Å². The van der Waals surface area contributed by atoms with Crippen LogP contribution >= 0.6 is 15.9 Å². The minimum absolute atomic E-state index is 0.0375. The van der Waals surface area contributed by atoms with Crippen molar-refractivity contribution in [2.24, 2.45) is 5.41 Å². The molecular weight excluding hydrogens is 347 g/mol. The minimum atomic E-state index is -4.36. The Hall–Kier alpha value is -0.750. The van der Waals surface area contributed by atoms with Crippen molar-refractivity contribution in [1.29, 1.82) is 0 Å². The second-order valence-corrected chi connectivity index (χ2v) is 6.80. The zero-order chi connectivity index (χ0) is 15.8. The number of alkyl halides is 3. The summed E-state index contributed by atoms with van der Waals surface area (Å²) < 4.78 is 45.4. The molecule has 0 saturated heterocycles. The zero-order valence-electron chi connectivity index (χ0n) is 12.2. The summed E-state index contributed by atoms with van der Waals surface area (Å²) in [4.78, 5) is 0. The average molecular weight is 366 g/mol. The second kappa shape index (κ2) is 5.80. The number of ether oxygens (including phenoxy) is 1. The molecule has 1 N–H and O–H groups in total. The number of rotatable bonds is 4. The molecule has 2 nitrogen and oxygen atoms in total. The van der Waals surface area contributed by atoms with Crippen LogP contribution in [-0.4, -0.2) is 18.8 Å². The Morgan fingerprint density at radius 2 is 2.05 bits per heavy atom. The maximum Gasteiger partial charge on any atom is 0.418 e. The van der Waals surface area contributed by atoms with Gasteiger partial charge in [-0.15, -0.1) is 0 Å². The van der Waals surface area contributed by atoms with Gasteiger partial charge < -0.3 is 10.1 Å². The Bertz CT molecular complexity index is 516. The Balaban J connectivity index is 2.19. The summed E-state index contributed by atoms with van der Waals surface area (Å²) in [5.41, 5.74) is -0.715. The number of hydrogen-bond acceptors (Lipinski definition) is 2. The molecule has 1 fully saturated rings. The molecule has 2 atom stereocenters. The lowest BCUT2D eigenvalue weighted by Gasteiger charge is -2.52. The maximum absolute atomic E-state index is 13.1. The molecule has 0 bridgehead atoms. The summed E-state index contributed by atoms with van der Waals surface area (Å²) >= 11 is 3.23. The third-order valence-electron chi connectivity index (χ3n) is 4.16. The number of hydrogen-bond donors (Lipinski definition) is 1. The number of nitrogens with one attached hydrogen (secondary N) is 1. The van der Waals surface area contributed by atoms with Gasteiger partial charge in [-0.1, -0.05) is 29.8 Å². The largest absolute Gasteiger partial charge is 0.418 e. The molecule has 0 aliphatic heterocycles. The Kier molecular flexibility index (Phi) is 4.59. The highest BCUT2D eigenvalue weighted by atomic mass is 79.9. The topological polar surface area (TPSA) is 21.3 Å². The molecule has 0 radical (unpaired) electrons. The SMILES string of the molecule is CCOC1CC(Nc2cc(Br)ccc2C(F)(F)F)C1(C)C. The van der Waals surface area contributed by atoms with Crippen molar-refractivity contribution < 1.29 is 17.9 Å². The minimum Gasteiger partial charge on any atom is -0.381 e. The Morgan fingerprint density at radius 1 is 1.38 bits per heavy atom. The predicted octanol–water partition coefficient (Wildman–Crippen LogP) is 5.08. The van der Waals surface area contributed by atoms with Crippen molar-refractivity contribution in [2.45, 2.75) is 45.5 Å². The summed E-state index contributed by atoms with van der Waals surface area (Å²) in [7, 11) is 0. The molecule has 1 aliphatic carbocycles. The van der Waals surface area contributed by atoms with Crippen molar-refractivity contribution in [3.63, 3.8) is 0 Å². The van der Waals surface area contributed by atoms with Crippen molar-refractivity contribution in [3.8, 4) is 0 Å². The van der Waals surface area contributed by atoms with Crippen LogP contribution in [0.4, 0.5) is 18.9 Å². The van der Waals surface area contributed by atoms with Gasteiger partial charge in [-0.25, -0.2) is 0 Å². The normalized spacial score (nSPS) is 24.5. The number of halogens is 4. The molecule has 1 aromatic rings. The van der Waals surface area contributed by atoms with E-state index in [-0.39, 0.29) is 23.2 Å². The fraction of sp³-hybridized carbons (Fsp3) is 0.600. The van der Waals surface area contributed by atoms with Crippen LogP contribution < -0.4 is 5.32 Å². The molecule has 1 saturated carbocycles. The van der Waals surface area contributed by atoms with Crippen LogP contribution in [0.1, 0.15) is 32.8 Å². The Labute approximate surface area is 131 Å². The van der Waals surface area contributed by atoms with Crippen LogP contribution in [-0.2, 0) is 10.9 Å². The maximum atomic E-state index is 13.1. The van der Waals surface area contributed by atoms with Gasteiger partial charge in [0.05, 0.1) is 11.7 Å². The Morgan fingerprint density at radius 3 is 2.57 bits per heavy atom. The van der Waals surface area contributed by atoms with E-state index in [1.54, 1.807) is 0 Å². The highest BCUT2D eigenvalue weighted by molar-refractivity contribution is 9.10. The van der Waals surface area contributed by atoms with Crippen LogP contribution in [0, 0.1) is 5.41 Å². The summed E-state index contributed by atoms with van der Waals surface area (Å²) in [5.74, 6) is 0. The van der Waals surface area contributed by atoms with E-state index in [1.807, 2.05) is 20.8 Å². The van der Waals surface area contributed by atoms with E-state index in [9.17, 15) is 13.2 Å². The van der Waals surface area contributed by atoms with E-state index in [1.165, 1.54) is 12.1 Å². The van der Waals surface area contributed by atoms with E-state index >= 15 is 0 Å². The molecule has 1 aromatic carbocycles. The van der Waals surface area contributed by atoms with Crippen molar-refractivity contribution in [1.82, 2.24) is 0 Å². The molecule has 2 unspecified atom stereocenters. The van der Waals surface area contributed by atoms with E-state index in [2.05, 4.69) is 21.2 Å². The zero-order valence-corrected chi connectivity index (χ0v) is 13.8. The lowest BCUT2D eigenvalue weighted by Crippen LogP contribution is -2.58. The first-order valence-electron chi connectivity index (χ1n) is 6.91. The molecule has 0 amide bonds. The fourth-order valence-corrected chi connectivity index (χ4v) is 3.05. The highest BCUT2D eigenvalue weighted by Crippen LogP contribution is 2.46. The van der Waals surface area contributed by atoms with Gasteiger partial charge in [0.25, 0.3) is 0 Å². The molecular formula is C15H19BrF3NO. The van der Waals surface area contributed by atoms with Crippen LogP contribution in [0.2, 0.25) is 0 Å². The van der Waals surface area contributed by atoms with Crippen molar-refractivity contribution in [2.75, 3.05) is 11.9 Å². The highest BCUT2D eigenvalue weighted by Gasteiger charge is 2.49. The van der Waals surface area contributed by atoms with Crippen LogP contribution in [0.15, 0.2) is 22.7 Å². The van der Waals surface area contributed by atoms with Gasteiger partial charge in [0.1, 0.15) is 0 Å². The number of benzene rings is 1. The van der Waals surface area contributed by atoms with E-state index in [4.69, 9.17) is 4.74 Å². The first-order chi connectivity index (χ1) is 9.66. The summed E-state index contributed by atoms with van der Waals surface area (Å²) in [6.45, 7) is 6.57. The van der Waals surface area contributed by atoms with E-state index in [0.29, 0.717) is 17.5 Å². The summed E-state index contributed by atoms with van der Waals surface area (Å²) in [5, 5.41) is 3.04. The number of anilines is 1. The molecule has 118 valence electrons. The van der Waals surface area contributed by atoms with Crippen LogP contribution in [0.5, 0.6) is 0 Å². The first-order valence-corrected chi connectivity index (χ1v) is 7.70. The lowest BCUT2D eigenvalue weighted by molar-refractivity contribution is -0.137. The molecule has 0 aromatic heterocycles. The third-order valence-corrected chi connectivity index (χ3v) is 4.66. The average Bonchev–Trinajstić information content (AvgIpc) is 2.36. The van der Waals surface area contributed by atoms with Gasteiger partial charge in [0, 0.05) is 28.2 Å². The smallest absolute Gasteiger partial charge is 0.381 e. The van der Waals surface area contributed by atoms with E-state index in [0.717, 1.165) is 6.07 Å². The molecule has 0 spiro atoms. The van der Waals surface area contributed by atoms with Crippen LogP contribution in [0.25, 0.3) is 0 Å². The van der Waals surface area contributed by atoms with Crippen molar-refractivity contribution >= 4 is 21.6 Å². The van der Waals surface area contributed by atoms with Gasteiger partial charge in [-0.2, -0.15) is 13.2 Å². The predicted molar refractivity (Wildman–Crippen MR) is 80.4 cm³/mol. The monoisotopic (exact) mass is 365 g/mol. The van der Waals surface area contributed by atoms with Gasteiger partial charge in [0.15, 0.2) is 0 Å². The molecule has 2 rings (SSSR count). The van der Waals surface area contributed by atoms with Crippen molar-refractivity contribution in [3.05, 3.63) is 28.2 Å². The first kappa shape index (κ1) is 16.6. The van der Waals surface area contributed by atoms with Gasteiger partial charge in [-0.3, -0.25) is 0 Å². The second-order valence-electron chi connectivity index (χ2n) is 5.89. The molecule has 1 aliphatic rings. The van der Waals surface area contributed by atoms with Crippen LogP contribution in [0.3, 0.4) is 0 Å². The summed E-state index contributed by atoms with van der Waals surface area (Å²) in [6.07, 6.45) is -3.57. The van der Waals surface area contributed by atoms with Gasteiger partial charge in [0.2, 0.25) is 0 Å². The van der Waals surface area contributed by atoms with Gasteiger partial charge in [-0.05, 0) is 31.5 Å². The third kappa shape index (κ3) is 3.37. The molecule has 6 heteroatoms. The standard InChI is InChI=1S/C15H19BrF3NO/c1-4-21-13-8-12(14(13,2)3)20-11-7-9(16)5-6-10(11)15(17,18)19/h5-7,12-13,20H,4,8H2,1-3H3. The molecule has 21 heavy (non-hydrogen) atoms. The van der Waals surface area contributed by atoms with E-state index < -0.39 is 11.7 Å².